The topological polar surface area (TPSA) is 141 Å². The van der Waals surface area contributed by atoms with E-state index in [9.17, 15) is 29.5 Å². The quantitative estimate of drug-likeness (QED) is 0.0902. The van der Waals surface area contributed by atoms with Crippen LogP contribution >= 0.6 is 0 Å². The van der Waals surface area contributed by atoms with Gasteiger partial charge in [-0.2, -0.15) is 0 Å². The first-order chi connectivity index (χ1) is 20.9. The van der Waals surface area contributed by atoms with Crippen LogP contribution in [-0.4, -0.2) is 45.6 Å². The fraction of sp³-hybridized carbons (Fsp3) is 0.394. The molecule has 0 aliphatic rings. The number of benzene rings is 2. The Kier molecular flexibility index (Phi) is 12.5. The molecule has 0 aliphatic carbocycles. The van der Waals surface area contributed by atoms with Crippen molar-refractivity contribution in [3.05, 3.63) is 98.6 Å². The molecule has 44 heavy (non-hydrogen) atoms. The van der Waals surface area contributed by atoms with Gasteiger partial charge in [0, 0.05) is 30.4 Å². The lowest BCUT2D eigenvalue weighted by Crippen LogP contribution is -2.22. The molecule has 2 N–H and O–H groups in total. The summed E-state index contributed by atoms with van der Waals surface area (Å²) in [5.41, 5.74) is 5.43. The average molecular weight is 611 g/mol. The van der Waals surface area contributed by atoms with Crippen molar-refractivity contribution in [2.24, 2.45) is 0 Å². The second-order valence-electron chi connectivity index (χ2n) is 11.0. The summed E-state index contributed by atoms with van der Waals surface area (Å²) in [4.78, 5) is 32.0. The van der Waals surface area contributed by atoms with Gasteiger partial charge in [-0.3, -0.25) is 9.78 Å². The number of carbonyl (C=O) groups excluding carboxylic acids is 1. The smallest absolute Gasteiger partial charge is 0.313 e. The van der Waals surface area contributed by atoms with Crippen molar-refractivity contribution in [2.45, 2.75) is 77.8 Å². The Balaban J connectivity index is 1.80. The predicted octanol–water partition coefficient (Wildman–Crippen LogP) is 6.11. The fourth-order valence-electron chi connectivity index (χ4n) is 4.79. The minimum absolute atomic E-state index is 0.0232. The zero-order chi connectivity index (χ0) is 32.4. The maximum Gasteiger partial charge on any atom is 0.313 e. The van der Waals surface area contributed by atoms with E-state index >= 15 is 0 Å². The lowest BCUT2D eigenvalue weighted by Gasteiger charge is -2.23. The van der Waals surface area contributed by atoms with E-state index in [1.807, 2.05) is 13.8 Å². The number of pyridine rings is 1. The molecule has 0 unspecified atom stereocenters. The lowest BCUT2D eigenvalue weighted by atomic mass is 9.87. The van der Waals surface area contributed by atoms with E-state index in [2.05, 4.69) is 18.7 Å². The predicted molar refractivity (Wildman–Crippen MR) is 163 cm³/mol. The number of hydrogen-bond donors (Lipinski definition) is 2. The van der Waals surface area contributed by atoms with Gasteiger partial charge in [-0.15, -0.1) is 10.1 Å². The Morgan fingerprint density at radius 2 is 1.64 bits per heavy atom. The molecule has 2 atom stereocenters. The summed E-state index contributed by atoms with van der Waals surface area (Å²) < 4.78 is 24.6. The monoisotopic (exact) mass is 610 g/mol. The molecule has 11 heteroatoms. The average Bonchev–Trinajstić information content (AvgIpc) is 2.95. The zero-order valence-electron chi connectivity index (χ0n) is 25.5. The summed E-state index contributed by atoms with van der Waals surface area (Å²) in [5.74, 6) is -0.748. The summed E-state index contributed by atoms with van der Waals surface area (Å²) >= 11 is 0. The molecule has 0 fully saturated rings. The molecule has 0 aliphatic heterocycles. The van der Waals surface area contributed by atoms with Gasteiger partial charge < -0.3 is 24.5 Å². The first-order valence-electron chi connectivity index (χ1n) is 14.3. The van der Waals surface area contributed by atoms with Crippen molar-refractivity contribution in [1.29, 1.82) is 0 Å². The van der Waals surface area contributed by atoms with E-state index in [0.717, 1.165) is 33.6 Å². The van der Waals surface area contributed by atoms with Crippen LogP contribution in [0.4, 0.5) is 4.39 Å². The molecule has 3 aromatic rings. The standard InChI is InChI=1S/C33H39FN2O8/c1-20(2)32-28(31(23-8-10-24(34)11-9-23)29(19-42-5)33(35-32)21(3)4)15-12-25(37)16-26(38)17-30(39)44-27-13-6-22(7-14-27)18-43-36(40)41/h6-15,20-21,25-26,37-38H,16-19H2,1-5H3/b15-12+/t25-,26-/m1/s1. The number of esters is 1. The Bertz CT molecular complexity index is 1440. The molecular weight excluding hydrogens is 571 g/mol. The third kappa shape index (κ3) is 9.66. The highest BCUT2D eigenvalue weighted by Crippen LogP contribution is 2.38. The third-order valence-corrected chi connectivity index (χ3v) is 6.81. The number of methoxy groups -OCH3 is 1. The molecule has 1 aromatic heterocycles. The third-order valence-electron chi connectivity index (χ3n) is 6.81. The SMILES string of the molecule is COCc1c(C(C)C)nc(C(C)C)c(/C=C/[C@@H](O)C[C@@H](O)CC(=O)Oc2ccc(CO[N+](=O)[O-])cc2)c1-c1ccc(F)cc1. The summed E-state index contributed by atoms with van der Waals surface area (Å²) in [7, 11) is 1.60. The number of halogens is 1. The van der Waals surface area contributed by atoms with Crippen molar-refractivity contribution in [3.63, 3.8) is 0 Å². The highest BCUT2D eigenvalue weighted by Gasteiger charge is 2.23. The highest BCUT2D eigenvalue weighted by molar-refractivity contribution is 5.80. The molecule has 0 saturated carbocycles. The second-order valence-corrected chi connectivity index (χ2v) is 11.0. The first-order valence-corrected chi connectivity index (χ1v) is 14.3. The van der Waals surface area contributed by atoms with Gasteiger partial charge in [-0.25, -0.2) is 4.39 Å². The van der Waals surface area contributed by atoms with Crippen LogP contribution < -0.4 is 4.74 Å². The number of aliphatic hydroxyl groups excluding tert-OH is 2. The molecule has 236 valence electrons. The fourth-order valence-corrected chi connectivity index (χ4v) is 4.79. The van der Waals surface area contributed by atoms with E-state index in [0.29, 0.717) is 5.56 Å². The summed E-state index contributed by atoms with van der Waals surface area (Å²) in [6, 6.07) is 12.2. The molecule has 0 bridgehead atoms. The number of rotatable bonds is 15. The molecule has 0 radical (unpaired) electrons. The molecule has 0 amide bonds. The largest absolute Gasteiger partial charge is 0.426 e. The van der Waals surface area contributed by atoms with E-state index in [1.165, 1.54) is 36.4 Å². The Hall–Kier alpha value is -4.19. The number of carbonyl (C=O) groups is 1. The molecule has 0 spiro atoms. The van der Waals surface area contributed by atoms with E-state index in [-0.39, 0.29) is 49.5 Å². The Labute approximate surface area is 256 Å². The van der Waals surface area contributed by atoms with E-state index in [1.54, 1.807) is 31.4 Å². The van der Waals surface area contributed by atoms with Crippen LogP contribution in [0, 0.1) is 15.9 Å². The molecular formula is C33H39FN2O8. The molecule has 10 nitrogen and oxygen atoms in total. The maximum atomic E-state index is 13.9. The van der Waals surface area contributed by atoms with E-state index < -0.39 is 23.3 Å². The van der Waals surface area contributed by atoms with Crippen molar-refractivity contribution in [3.8, 4) is 16.9 Å². The van der Waals surface area contributed by atoms with Crippen molar-refractivity contribution < 1.29 is 38.8 Å². The van der Waals surface area contributed by atoms with Crippen LogP contribution in [-0.2, 0) is 27.6 Å². The lowest BCUT2D eigenvalue weighted by molar-refractivity contribution is -0.763. The van der Waals surface area contributed by atoms with Crippen molar-refractivity contribution in [2.75, 3.05) is 7.11 Å². The summed E-state index contributed by atoms with van der Waals surface area (Å²) in [6.07, 6.45) is 0.509. The van der Waals surface area contributed by atoms with Crippen LogP contribution in [0.15, 0.2) is 54.6 Å². The van der Waals surface area contributed by atoms with Crippen molar-refractivity contribution in [1.82, 2.24) is 4.98 Å². The van der Waals surface area contributed by atoms with Gasteiger partial charge in [0.2, 0.25) is 0 Å². The molecule has 1 heterocycles. The number of ether oxygens (including phenoxy) is 2. The molecule has 3 rings (SSSR count). The van der Waals surface area contributed by atoms with Gasteiger partial charge in [0.05, 0.1) is 30.9 Å². The van der Waals surface area contributed by atoms with E-state index in [4.69, 9.17) is 14.5 Å². The van der Waals surface area contributed by atoms with Gasteiger partial charge in [0.15, 0.2) is 0 Å². The zero-order valence-corrected chi connectivity index (χ0v) is 25.5. The highest BCUT2D eigenvalue weighted by atomic mass is 19.1. The second kappa shape index (κ2) is 16.0. The van der Waals surface area contributed by atoms with Crippen LogP contribution in [0.1, 0.15) is 80.5 Å². The molecule has 2 aromatic carbocycles. The normalized spacial score (nSPS) is 13.0. The number of aliphatic hydroxyl groups is 2. The Morgan fingerprint density at radius 3 is 2.20 bits per heavy atom. The summed E-state index contributed by atoms with van der Waals surface area (Å²) in [6.45, 7) is 8.19. The van der Waals surface area contributed by atoms with Crippen LogP contribution in [0.25, 0.3) is 17.2 Å². The van der Waals surface area contributed by atoms with Gasteiger partial charge in [0.25, 0.3) is 5.09 Å². The van der Waals surface area contributed by atoms with Gasteiger partial charge in [0.1, 0.15) is 18.2 Å². The van der Waals surface area contributed by atoms with Gasteiger partial charge in [-0.05, 0) is 52.8 Å². The Morgan fingerprint density at radius 1 is 1.00 bits per heavy atom. The molecule has 0 saturated heterocycles. The minimum atomic E-state index is -1.19. The van der Waals surface area contributed by atoms with Crippen molar-refractivity contribution >= 4 is 12.0 Å². The first kappa shape index (κ1) is 34.3. The maximum absolute atomic E-state index is 13.9. The van der Waals surface area contributed by atoms with Gasteiger partial charge in [-0.1, -0.05) is 64.1 Å². The number of hydrogen-bond acceptors (Lipinski definition) is 9. The number of nitrogens with zero attached hydrogens (tertiary/aromatic N) is 2. The van der Waals surface area contributed by atoms with Gasteiger partial charge >= 0.3 is 5.97 Å². The minimum Gasteiger partial charge on any atom is -0.426 e. The summed E-state index contributed by atoms with van der Waals surface area (Å²) in [5, 5.41) is 30.7. The van der Waals surface area contributed by atoms with Crippen LogP contribution in [0.2, 0.25) is 0 Å². The van der Waals surface area contributed by atoms with Crippen LogP contribution in [0.5, 0.6) is 5.75 Å². The van der Waals surface area contributed by atoms with Crippen LogP contribution in [0.3, 0.4) is 0 Å². The number of aromatic nitrogens is 1.